The minimum Gasteiger partial charge on any atom is -0.374 e. The van der Waals surface area contributed by atoms with Gasteiger partial charge in [0.1, 0.15) is 0 Å². The molecule has 0 aliphatic carbocycles. The first-order valence-corrected chi connectivity index (χ1v) is 5.47. The van der Waals surface area contributed by atoms with Gasteiger partial charge in [-0.3, -0.25) is 4.79 Å². The van der Waals surface area contributed by atoms with Crippen LogP contribution in [-0.2, 0) is 9.53 Å². The molecule has 1 amide bonds. The van der Waals surface area contributed by atoms with Gasteiger partial charge in [-0.1, -0.05) is 15.9 Å². The lowest BCUT2D eigenvalue weighted by atomic mass is 10.3. The maximum atomic E-state index is 10.9. The summed E-state index contributed by atoms with van der Waals surface area (Å²) in [6, 6.07) is 0. The van der Waals surface area contributed by atoms with Crippen molar-refractivity contribution in [2.24, 2.45) is 0 Å². The summed E-state index contributed by atoms with van der Waals surface area (Å²) in [6.07, 6.45) is 0.141. The summed E-state index contributed by atoms with van der Waals surface area (Å²) < 4.78 is 5.47. The highest BCUT2D eigenvalue weighted by atomic mass is 79.9. The third kappa shape index (κ3) is 4.06. The number of amides is 1. The van der Waals surface area contributed by atoms with E-state index in [1.807, 2.05) is 0 Å². The van der Waals surface area contributed by atoms with Crippen LogP contribution < -0.4 is 5.32 Å². The third-order valence-electron chi connectivity index (χ3n) is 1.99. The predicted molar refractivity (Wildman–Crippen MR) is 54.0 cm³/mol. The average Bonchev–Trinajstić information content (AvgIpc) is 2.14. The number of morpholine rings is 1. The second kappa shape index (κ2) is 5.57. The van der Waals surface area contributed by atoms with Gasteiger partial charge < -0.3 is 15.0 Å². The van der Waals surface area contributed by atoms with Crippen molar-refractivity contribution in [2.45, 2.75) is 6.10 Å². The van der Waals surface area contributed by atoms with Crippen molar-refractivity contribution in [3.05, 3.63) is 0 Å². The molecule has 1 N–H and O–H groups in total. The number of halogens is 1. The Balaban J connectivity index is 2.17. The number of likely N-dealkylation sites (N-methyl/N-ethyl adjacent to an activating group) is 1. The number of carbonyl (C=O) groups excluding carboxylic acids is 1. The topological polar surface area (TPSA) is 41.6 Å². The van der Waals surface area contributed by atoms with Crippen LogP contribution in [0.5, 0.6) is 0 Å². The molecule has 1 aliphatic heterocycles. The first kappa shape index (κ1) is 10.9. The van der Waals surface area contributed by atoms with Crippen molar-refractivity contribution in [2.75, 3.05) is 38.6 Å². The van der Waals surface area contributed by atoms with Gasteiger partial charge in [0.05, 0.1) is 18.0 Å². The van der Waals surface area contributed by atoms with Gasteiger partial charge in [-0.25, -0.2) is 0 Å². The summed E-state index contributed by atoms with van der Waals surface area (Å²) in [7, 11) is 2.06. The van der Waals surface area contributed by atoms with E-state index in [-0.39, 0.29) is 12.0 Å². The standard InChI is InChI=1S/C8H15BrN2O2/c1-11-2-3-13-7(6-11)5-10-8(12)4-9/h7H,2-6H2,1H3,(H,10,12). The number of hydrogen-bond acceptors (Lipinski definition) is 3. The van der Waals surface area contributed by atoms with E-state index in [4.69, 9.17) is 4.74 Å². The number of carbonyl (C=O) groups is 1. The van der Waals surface area contributed by atoms with E-state index in [2.05, 4.69) is 33.2 Å². The van der Waals surface area contributed by atoms with Gasteiger partial charge >= 0.3 is 0 Å². The van der Waals surface area contributed by atoms with Crippen LogP contribution in [-0.4, -0.2) is 55.5 Å². The molecule has 4 nitrogen and oxygen atoms in total. The lowest BCUT2D eigenvalue weighted by Crippen LogP contribution is -2.46. The number of hydrogen-bond donors (Lipinski definition) is 1. The Kier molecular flexibility index (Phi) is 4.69. The Bertz CT molecular complexity index is 178. The molecule has 0 spiro atoms. The molecule has 5 heteroatoms. The van der Waals surface area contributed by atoms with Gasteiger partial charge in [0.15, 0.2) is 0 Å². The highest BCUT2D eigenvalue weighted by Gasteiger charge is 2.17. The molecule has 76 valence electrons. The van der Waals surface area contributed by atoms with Crippen LogP contribution in [0.2, 0.25) is 0 Å². The quantitative estimate of drug-likeness (QED) is 0.708. The molecule has 0 radical (unpaired) electrons. The summed E-state index contributed by atoms with van der Waals surface area (Å²) >= 11 is 3.09. The monoisotopic (exact) mass is 250 g/mol. The van der Waals surface area contributed by atoms with E-state index in [0.29, 0.717) is 11.9 Å². The van der Waals surface area contributed by atoms with Crippen LogP contribution in [0, 0.1) is 0 Å². The minimum atomic E-state index is 0.0110. The number of rotatable bonds is 3. The minimum absolute atomic E-state index is 0.0110. The normalized spacial score (nSPS) is 24.3. The number of alkyl halides is 1. The van der Waals surface area contributed by atoms with E-state index in [9.17, 15) is 4.79 Å². The van der Waals surface area contributed by atoms with E-state index < -0.39 is 0 Å². The van der Waals surface area contributed by atoms with Gasteiger partial charge in [-0.15, -0.1) is 0 Å². The number of nitrogens with zero attached hydrogens (tertiary/aromatic N) is 1. The first-order valence-electron chi connectivity index (χ1n) is 4.35. The number of ether oxygens (including phenoxy) is 1. The fourth-order valence-corrected chi connectivity index (χ4v) is 1.46. The lowest BCUT2D eigenvalue weighted by Gasteiger charge is -2.29. The molecular weight excluding hydrogens is 236 g/mol. The van der Waals surface area contributed by atoms with Crippen molar-refractivity contribution < 1.29 is 9.53 Å². The average molecular weight is 251 g/mol. The molecule has 1 atom stereocenters. The summed E-state index contributed by atoms with van der Waals surface area (Å²) in [5.41, 5.74) is 0. The van der Waals surface area contributed by atoms with Crippen LogP contribution in [0.1, 0.15) is 0 Å². The molecule has 1 fully saturated rings. The molecule has 0 saturated carbocycles. The zero-order valence-electron chi connectivity index (χ0n) is 7.75. The van der Waals surface area contributed by atoms with Crippen LogP contribution in [0.25, 0.3) is 0 Å². The molecule has 0 aromatic carbocycles. The van der Waals surface area contributed by atoms with Gasteiger partial charge in [-0.05, 0) is 7.05 Å². The molecule has 1 aliphatic rings. The molecule has 1 heterocycles. The predicted octanol–water partition coefficient (Wildman–Crippen LogP) is -0.172. The fraction of sp³-hybridized carbons (Fsp3) is 0.875. The Labute approximate surface area is 86.7 Å². The summed E-state index contributed by atoms with van der Waals surface area (Å²) in [6.45, 7) is 3.23. The largest absolute Gasteiger partial charge is 0.374 e. The zero-order valence-corrected chi connectivity index (χ0v) is 9.34. The molecule has 0 aromatic heterocycles. The summed E-state index contributed by atoms with van der Waals surface area (Å²) in [4.78, 5) is 13.1. The van der Waals surface area contributed by atoms with E-state index >= 15 is 0 Å². The summed E-state index contributed by atoms with van der Waals surface area (Å²) in [5.74, 6) is 0.0110. The van der Waals surface area contributed by atoms with Crippen LogP contribution >= 0.6 is 15.9 Å². The molecule has 0 aromatic rings. The van der Waals surface area contributed by atoms with Crippen molar-refractivity contribution >= 4 is 21.8 Å². The maximum absolute atomic E-state index is 10.9. The Morgan fingerprint density at radius 3 is 3.15 bits per heavy atom. The zero-order chi connectivity index (χ0) is 9.68. The highest BCUT2D eigenvalue weighted by Crippen LogP contribution is 2.01. The first-order chi connectivity index (χ1) is 6.22. The van der Waals surface area contributed by atoms with Gasteiger partial charge in [0.2, 0.25) is 5.91 Å². The van der Waals surface area contributed by atoms with E-state index in [0.717, 1.165) is 19.7 Å². The Morgan fingerprint density at radius 1 is 1.77 bits per heavy atom. The molecule has 1 saturated heterocycles. The Hall–Kier alpha value is -0.130. The second-order valence-electron chi connectivity index (χ2n) is 3.19. The van der Waals surface area contributed by atoms with Crippen molar-refractivity contribution in [1.29, 1.82) is 0 Å². The molecular formula is C8H15BrN2O2. The molecule has 0 bridgehead atoms. The van der Waals surface area contributed by atoms with Crippen molar-refractivity contribution in [3.8, 4) is 0 Å². The van der Waals surface area contributed by atoms with Crippen molar-refractivity contribution in [1.82, 2.24) is 10.2 Å². The Morgan fingerprint density at radius 2 is 2.54 bits per heavy atom. The van der Waals surface area contributed by atoms with E-state index in [1.54, 1.807) is 0 Å². The second-order valence-corrected chi connectivity index (χ2v) is 3.75. The van der Waals surface area contributed by atoms with Gasteiger partial charge in [0, 0.05) is 19.6 Å². The third-order valence-corrected chi connectivity index (χ3v) is 2.50. The fourth-order valence-electron chi connectivity index (χ4n) is 1.27. The SMILES string of the molecule is CN1CCOC(CNC(=O)CBr)C1. The van der Waals surface area contributed by atoms with Crippen LogP contribution in [0.15, 0.2) is 0 Å². The van der Waals surface area contributed by atoms with Crippen LogP contribution in [0.4, 0.5) is 0 Å². The van der Waals surface area contributed by atoms with Crippen LogP contribution in [0.3, 0.4) is 0 Å². The number of nitrogens with one attached hydrogen (secondary N) is 1. The molecule has 1 unspecified atom stereocenters. The van der Waals surface area contributed by atoms with Gasteiger partial charge in [-0.2, -0.15) is 0 Å². The van der Waals surface area contributed by atoms with Crippen molar-refractivity contribution in [3.63, 3.8) is 0 Å². The molecule has 1 rings (SSSR count). The van der Waals surface area contributed by atoms with E-state index in [1.165, 1.54) is 0 Å². The van der Waals surface area contributed by atoms with Gasteiger partial charge in [0.25, 0.3) is 0 Å². The lowest BCUT2D eigenvalue weighted by molar-refractivity contribution is -0.119. The molecule has 13 heavy (non-hydrogen) atoms. The maximum Gasteiger partial charge on any atom is 0.230 e. The smallest absolute Gasteiger partial charge is 0.230 e. The summed E-state index contributed by atoms with van der Waals surface area (Å²) in [5, 5.41) is 3.14. The highest BCUT2D eigenvalue weighted by molar-refractivity contribution is 9.09.